The highest BCUT2D eigenvalue weighted by atomic mass is 32.2. The molecule has 116 valence electrons. The molecule has 0 bridgehead atoms. The third-order valence-corrected chi connectivity index (χ3v) is 5.61. The fourth-order valence-corrected chi connectivity index (χ4v) is 4.15. The van der Waals surface area contributed by atoms with Crippen LogP contribution in [0.3, 0.4) is 0 Å². The first-order chi connectivity index (χ1) is 10.7. The van der Waals surface area contributed by atoms with Gasteiger partial charge in [0.25, 0.3) is 0 Å². The summed E-state index contributed by atoms with van der Waals surface area (Å²) in [6.45, 7) is 0. The number of rotatable bonds is 5. The van der Waals surface area contributed by atoms with Gasteiger partial charge >= 0.3 is 0 Å². The van der Waals surface area contributed by atoms with Gasteiger partial charge < -0.3 is 10.1 Å². The van der Waals surface area contributed by atoms with Gasteiger partial charge in [0.2, 0.25) is 5.91 Å². The van der Waals surface area contributed by atoms with Gasteiger partial charge in [-0.1, -0.05) is 0 Å². The minimum Gasteiger partial charge on any atom is -0.497 e. The summed E-state index contributed by atoms with van der Waals surface area (Å²) in [5.74, 6) is 1.20. The molecule has 1 aromatic heterocycles. The zero-order chi connectivity index (χ0) is 15.4. The first kappa shape index (κ1) is 15.4. The fraction of sp³-hybridized carbons (Fsp3) is 0.375. The number of benzene rings is 1. The van der Waals surface area contributed by atoms with Gasteiger partial charge in [0.05, 0.1) is 18.6 Å². The summed E-state index contributed by atoms with van der Waals surface area (Å²) in [6, 6.07) is 7.71. The molecule has 3 rings (SSSR count). The number of nitrogens with zero attached hydrogens (tertiary/aromatic N) is 1. The first-order valence-corrected chi connectivity index (χ1v) is 9.10. The van der Waals surface area contributed by atoms with Crippen LogP contribution in [0.15, 0.2) is 29.2 Å². The highest BCUT2D eigenvalue weighted by Crippen LogP contribution is 2.29. The quantitative estimate of drug-likeness (QED) is 0.846. The summed E-state index contributed by atoms with van der Waals surface area (Å²) >= 11 is 3.13. The van der Waals surface area contributed by atoms with Gasteiger partial charge in [-0.15, -0.1) is 23.1 Å². The lowest BCUT2D eigenvalue weighted by atomic mass is 10.0. The number of hydrogen-bond donors (Lipinski definition) is 1. The smallest absolute Gasteiger partial charge is 0.236 e. The number of amides is 1. The molecule has 1 amide bonds. The second kappa shape index (κ2) is 7.15. The number of thiazole rings is 1. The maximum Gasteiger partial charge on any atom is 0.236 e. The van der Waals surface area contributed by atoms with Crippen molar-refractivity contribution < 1.29 is 9.53 Å². The zero-order valence-corrected chi connectivity index (χ0v) is 14.1. The van der Waals surface area contributed by atoms with Gasteiger partial charge in [-0.2, -0.15) is 0 Å². The molecule has 0 saturated carbocycles. The van der Waals surface area contributed by atoms with Gasteiger partial charge in [0.1, 0.15) is 5.75 Å². The Labute approximate surface area is 138 Å². The van der Waals surface area contributed by atoms with E-state index in [1.807, 2.05) is 24.3 Å². The molecule has 0 atom stereocenters. The average molecular weight is 334 g/mol. The van der Waals surface area contributed by atoms with Crippen LogP contribution in [0, 0.1) is 0 Å². The number of carbonyl (C=O) groups excluding carboxylic acids is 1. The number of aryl methyl sites for hydroxylation is 2. The number of carbonyl (C=O) groups is 1. The number of anilines is 1. The summed E-state index contributed by atoms with van der Waals surface area (Å²) in [6.07, 6.45) is 4.58. The normalized spacial score (nSPS) is 13.5. The van der Waals surface area contributed by atoms with Crippen molar-refractivity contribution in [1.82, 2.24) is 4.98 Å². The standard InChI is InChI=1S/C16H18N2O2S2/c1-20-11-6-8-12(9-7-11)21-10-15(19)18-16-17-13-4-2-3-5-14(13)22-16/h6-9H,2-5,10H2,1H3,(H,17,18,19). The summed E-state index contributed by atoms with van der Waals surface area (Å²) in [7, 11) is 1.64. The monoisotopic (exact) mass is 334 g/mol. The molecular formula is C16H18N2O2S2. The van der Waals surface area contributed by atoms with Crippen LogP contribution in [0.4, 0.5) is 5.13 Å². The molecule has 0 radical (unpaired) electrons. The van der Waals surface area contributed by atoms with Crippen LogP contribution in [-0.2, 0) is 17.6 Å². The topological polar surface area (TPSA) is 51.2 Å². The van der Waals surface area contributed by atoms with E-state index in [-0.39, 0.29) is 5.91 Å². The Kier molecular flexibility index (Phi) is 5.00. The van der Waals surface area contributed by atoms with Crippen LogP contribution in [0.25, 0.3) is 0 Å². The van der Waals surface area contributed by atoms with Crippen LogP contribution in [-0.4, -0.2) is 23.8 Å². The first-order valence-electron chi connectivity index (χ1n) is 7.30. The Morgan fingerprint density at radius 1 is 1.32 bits per heavy atom. The van der Waals surface area contributed by atoms with Crippen molar-refractivity contribution >= 4 is 34.1 Å². The molecule has 0 saturated heterocycles. The lowest BCUT2D eigenvalue weighted by Gasteiger charge is -2.06. The molecule has 0 unspecified atom stereocenters. The molecular weight excluding hydrogens is 316 g/mol. The molecule has 0 spiro atoms. The third kappa shape index (κ3) is 3.81. The number of nitrogens with one attached hydrogen (secondary N) is 1. The minimum absolute atomic E-state index is 0.00749. The van der Waals surface area contributed by atoms with Gasteiger partial charge in [-0.05, 0) is 49.9 Å². The third-order valence-electron chi connectivity index (χ3n) is 3.52. The van der Waals surface area contributed by atoms with Crippen LogP contribution in [0.1, 0.15) is 23.4 Å². The van der Waals surface area contributed by atoms with E-state index in [0.717, 1.165) is 28.6 Å². The number of thioether (sulfide) groups is 1. The van der Waals surface area contributed by atoms with E-state index in [4.69, 9.17) is 4.74 Å². The second-order valence-electron chi connectivity index (χ2n) is 5.11. The van der Waals surface area contributed by atoms with Crippen molar-refractivity contribution in [3.05, 3.63) is 34.8 Å². The van der Waals surface area contributed by atoms with Crippen molar-refractivity contribution in [2.45, 2.75) is 30.6 Å². The average Bonchev–Trinajstić information content (AvgIpc) is 2.95. The number of ether oxygens (including phenoxy) is 1. The molecule has 1 N–H and O–H groups in total. The van der Waals surface area contributed by atoms with E-state index in [2.05, 4.69) is 10.3 Å². The van der Waals surface area contributed by atoms with E-state index in [9.17, 15) is 4.79 Å². The molecule has 0 fully saturated rings. The second-order valence-corrected chi connectivity index (χ2v) is 7.24. The number of methoxy groups -OCH3 is 1. The maximum atomic E-state index is 12.0. The molecule has 1 aliphatic carbocycles. The van der Waals surface area contributed by atoms with Gasteiger partial charge in [0, 0.05) is 9.77 Å². The van der Waals surface area contributed by atoms with E-state index in [0.29, 0.717) is 5.75 Å². The summed E-state index contributed by atoms with van der Waals surface area (Å²) in [5.41, 5.74) is 1.18. The van der Waals surface area contributed by atoms with Crippen molar-refractivity contribution in [3.8, 4) is 5.75 Å². The molecule has 2 aromatic rings. The predicted molar refractivity (Wildman–Crippen MR) is 91.1 cm³/mol. The van der Waals surface area contributed by atoms with Crippen molar-refractivity contribution in [2.24, 2.45) is 0 Å². The molecule has 22 heavy (non-hydrogen) atoms. The van der Waals surface area contributed by atoms with Crippen molar-refractivity contribution in [3.63, 3.8) is 0 Å². The lowest BCUT2D eigenvalue weighted by Crippen LogP contribution is -2.13. The Morgan fingerprint density at radius 3 is 2.82 bits per heavy atom. The van der Waals surface area contributed by atoms with E-state index < -0.39 is 0 Å². The van der Waals surface area contributed by atoms with Crippen LogP contribution in [0.5, 0.6) is 5.75 Å². The van der Waals surface area contributed by atoms with Crippen molar-refractivity contribution in [1.29, 1.82) is 0 Å². The molecule has 0 aliphatic heterocycles. The number of hydrogen-bond acceptors (Lipinski definition) is 5. The van der Waals surface area contributed by atoms with E-state index in [1.165, 1.54) is 35.2 Å². The Bertz CT molecular complexity index is 629. The van der Waals surface area contributed by atoms with Crippen LogP contribution < -0.4 is 10.1 Å². The molecule has 1 aromatic carbocycles. The summed E-state index contributed by atoms with van der Waals surface area (Å²) < 4.78 is 5.12. The van der Waals surface area contributed by atoms with Gasteiger partial charge in [-0.3, -0.25) is 4.79 Å². The van der Waals surface area contributed by atoms with Crippen molar-refractivity contribution in [2.75, 3.05) is 18.2 Å². The molecule has 4 nitrogen and oxygen atoms in total. The number of aromatic nitrogens is 1. The Hall–Kier alpha value is -1.53. The number of fused-ring (bicyclic) bond motifs is 1. The lowest BCUT2D eigenvalue weighted by molar-refractivity contribution is -0.113. The highest BCUT2D eigenvalue weighted by Gasteiger charge is 2.16. The molecule has 6 heteroatoms. The Morgan fingerprint density at radius 2 is 2.09 bits per heavy atom. The van der Waals surface area contributed by atoms with Crippen LogP contribution in [0.2, 0.25) is 0 Å². The van der Waals surface area contributed by atoms with E-state index >= 15 is 0 Å². The fourth-order valence-electron chi connectivity index (χ4n) is 2.38. The Balaban J connectivity index is 1.52. The SMILES string of the molecule is COc1ccc(SCC(=O)Nc2nc3c(s2)CCCC3)cc1. The predicted octanol–water partition coefficient (Wildman–Crippen LogP) is 3.76. The zero-order valence-electron chi connectivity index (χ0n) is 12.4. The molecule has 1 aliphatic rings. The summed E-state index contributed by atoms with van der Waals surface area (Å²) in [4.78, 5) is 18.9. The summed E-state index contributed by atoms with van der Waals surface area (Å²) in [5, 5.41) is 3.66. The highest BCUT2D eigenvalue weighted by molar-refractivity contribution is 8.00. The van der Waals surface area contributed by atoms with E-state index in [1.54, 1.807) is 18.4 Å². The van der Waals surface area contributed by atoms with Gasteiger partial charge in [-0.25, -0.2) is 4.98 Å². The molecule has 1 heterocycles. The largest absolute Gasteiger partial charge is 0.497 e. The minimum atomic E-state index is -0.00749. The van der Waals surface area contributed by atoms with Gasteiger partial charge in [0.15, 0.2) is 5.13 Å². The van der Waals surface area contributed by atoms with Crippen LogP contribution >= 0.6 is 23.1 Å². The maximum absolute atomic E-state index is 12.0.